The number of halogens is 1. The molecule has 1 fully saturated rings. The summed E-state index contributed by atoms with van der Waals surface area (Å²) in [5, 5.41) is 3.42. The first-order valence-electron chi connectivity index (χ1n) is 9.32. The number of hydrogen-bond donors (Lipinski definition) is 1. The summed E-state index contributed by atoms with van der Waals surface area (Å²) < 4.78 is 18.8. The lowest BCUT2D eigenvalue weighted by Crippen LogP contribution is -2.37. The van der Waals surface area contributed by atoms with E-state index in [4.69, 9.17) is 9.72 Å². The molecule has 2 aliphatic rings. The van der Waals surface area contributed by atoms with Crippen LogP contribution in [0.3, 0.4) is 0 Å². The second kappa shape index (κ2) is 7.60. The molecule has 2 aliphatic heterocycles. The number of rotatable bonds is 4. The highest BCUT2D eigenvalue weighted by atomic mass is 19.1. The Bertz CT molecular complexity index is 852. The van der Waals surface area contributed by atoms with E-state index >= 15 is 0 Å². The fourth-order valence-electron chi connectivity index (χ4n) is 3.72. The molecule has 0 radical (unpaired) electrons. The van der Waals surface area contributed by atoms with Crippen molar-refractivity contribution in [3.05, 3.63) is 52.9 Å². The molecule has 1 atom stereocenters. The molecule has 1 N–H and O–H groups in total. The SMILES string of the molecule is COc1ccc(CC(=O)N2CCc3nc([C@H]4CCCN4)ncc3C2)cc1F. The minimum absolute atomic E-state index is 0.0215. The van der Waals surface area contributed by atoms with Gasteiger partial charge in [-0.05, 0) is 37.1 Å². The van der Waals surface area contributed by atoms with Crippen molar-refractivity contribution in [3.8, 4) is 5.75 Å². The van der Waals surface area contributed by atoms with Crippen LogP contribution in [0.4, 0.5) is 4.39 Å². The molecular weight excluding hydrogens is 347 g/mol. The maximum atomic E-state index is 13.8. The Balaban J connectivity index is 1.42. The number of aromatic nitrogens is 2. The molecule has 1 saturated heterocycles. The second-order valence-corrected chi connectivity index (χ2v) is 7.06. The van der Waals surface area contributed by atoms with Crippen molar-refractivity contribution < 1.29 is 13.9 Å². The van der Waals surface area contributed by atoms with Crippen LogP contribution in [0.25, 0.3) is 0 Å². The third kappa shape index (κ3) is 3.78. The van der Waals surface area contributed by atoms with Crippen LogP contribution in [0, 0.1) is 5.82 Å². The average molecular weight is 370 g/mol. The van der Waals surface area contributed by atoms with Gasteiger partial charge in [-0.15, -0.1) is 0 Å². The lowest BCUT2D eigenvalue weighted by molar-refractivity contribution is -0.131. The Morgan fingerprint density at radius 3 is 3.07 bits per heavy atom. The van der Waals surface area contributed by atoms with Crippen LogP contribution in [0.1, 0.15) is 41.5 Å². The van der Waals surface area contributed by atoms with Gasteiger partial charge in [0.15, 0.2) is 11.6 Å². The number of fused-ring (bicyclic) bond motifs is 1. The van der Waals surface area contributed by atoms with E-state index in [1.807, 2.05) is 6.20 Å². The van der Waals surface area contributed by atoms with E-state index in [1.54, 1.807) is 17.0 Å². The van der Waals surface area contributed by atoms with E-state index in [2.05, 4.69) is 10.3 Å². The van der Waals surface area contributed by atoms with Gasteiger partial charge >= 0.3 is 0 Å². The van der Waals surface area contributed by atoms with Crippen LogP contribution in [0.2, 0.25) is 0 Å². The van der Waals surface area contributed by atoms with Gasteiger partial charge in [0, 0.05) is 31.3 Å². The van der Waals surface area contributed by atoms with E-state index in [0.29, 0.717) is 18.7 Å². The van der Waals surface area contributed by atoms with Crippen molar-refractivity contribution in [2.75, 3.05) is 20.2 Å². The lowest BCUT2D eigenvalue weighted by Gasteiger charge is -2.28. The van der Waals surface area contributed by atoms with E-state index < -0.39 is 5.82 Å². The summed E-state index contributed by atoms with van der Waals surface area (Å²) >= 11 is 0. The molecule has 1 aromatic heterocycles. The molecule has 0 spiro atoms. The molecule has 6 nitrogen and oxygen atoms in total. The fourth-order valence-corrected chi connectivity index (χ4v) is 3.72. The van der Waals surface area contributed by atoms with Gasteiger partial charge in [0.1, 0.15) is 5.82 Å². The highest BCUT2D eigenvalue weighted by Gasteiger charge is 2.25. The molecular formula is C20H23FN4O2. The van der Waals surface area contributed by atoms with Crippen molar-refractivity contribution in [3.63, 3.8) is 0 Å². The first kappa shape index (κ1) is 17.9. The van der Waals surface area contributed by atoms with Gasteiger partial charge in [-0.1, -0.05) is 6.07 Å². The Morgan fingerprint density at radius 1 is 1.44 bits per heavy atom. The van der Waals surface area contributed by atoms with Gasteiger partial charge < -0.3 is 15.0 Å². The monoisotopic (exact) mass is 370 g/mol. The molecule has 142 valence electrons. The van der Waals surface area contributed by atoms with Gasteiger partial charge in [0.05, 0.1) is 25.3 Å². The minimum atomic E-state index is -0.451. The number of carbonyl (C=O) groups is 1. The van der Waals surface area contributed by atoms with Crippen molar-refractivity contribution in [2.45, 2.75) is 38.3 Å². The van der Waals surface area contributed by atoms with Crippen molar-refractivity contribution >= 4 is 5.91 Å². The van der Waals surface area contributed by atoms with E-state index in [1.165, 1.54) is 13.2 Å². The van der Waals surface area contributed by atoms with Gasteiger partial charge in [-0.3, -0.25) is 4.79 Å². The quantitative estimate of drug-likeness (QED) is 0.894. The van der Waals surface area contributed by atoms with E-state index in [-0.39, 0.29) is 24.1 Å². The third-order valence-electron chi connectivity index (χ3n) is 5.25. The number of nitrogens with one attached hydrogen (secondary N) is 1. The predicted molar refractivity (Wildman–Crippen MR) is 97.8 cm³/mol. The van der Waals surface area contributed by atoms with Crippen molar-refractivity contribution in [1.29, 1.82) is 0 Å². The summed E-state index contributed by atoms with van der Waals surface area (Å²) in [7, 11) is 1.42. The molecule has 3 heterocycles. The highest BCUT2D eigenvalue weighted by Crippen LogP contribution is 2.24. The summed E-state index contributed by atoms with van der Waals surface area (Å²) in [6, 6.07) is 4.89. The normalized spacial score (nSPS) is 19.0. The van der Waals surface area contributed by atoms with Gasteiger partial charge in [-0.25, -0.2) is 14.4 Å². The van der Waals surface area contributed by atoms with Crippen LogP contribution in [-0.2, 0) is 24.2 Å². The van der Waals surface area contributed by atoms with Gasteiger partial charge in [0.2, 0.25) is 5.91 Å². The number of ether oxygens (including phenoxy) is 1. The molecule has 1 amide bonds. The first-order chi connectivity index (χ1) is 13.1. The van der Waals surface area contributed by atoms with Crippen molar-refractivity contribution in [2.24, 2.45) is 0 Å². The number of carbonyl (C=O) groups excluding carboxylic acids is 1. The van der Waals surface area contributed by atoms with Crippen molar-refractivity contribution in [1.82, 2.24) is 20.2 Å². The van der Waals surface area contributed by atoms with Crippen LogP contribution >= 0.6 is 0 Å². The Morgan fingerprint density at radius 2 is 2.33 bits per heavy atom. The molecule has 2 aromatic rings. The Kier molecular flexibility index (Phi) is 5.03. The maximum Gasteiger partial charge on any atom is 0.227 e. The van der Waals surface area contributed by atoms with Crippen LogP contribution in [-0.4, -0.2) is 41.0 Å². The maximum absolute atomic E-state index is 13.8. The minimum Gasteiger partial charge on any atom is -0.494 e. The Hall–Kier alpha value is -2.54. The number of hydrogen-bond acceptors (Lipinski definition) is 5. The Labute approximate surface area is 157 Å². The predicted octanol–water partition coefficient (Wildman–Crippen LogP) is 2.18. The molecule has 0 aliphatic carbocycles. The van der Waals surface area contributed by atoms with Crippen LogP contribution < -0.4 is 10.1 Å². The van der Waals surface area contributed by atoms with Gasteiger partial charge in [0.25, 0.3) is 0 Å². The first-order valence-corrected chi connectivity index (χ1v) is 9.32. The molecule has 0 saturated carbocycles. The summed E-state index contributed by atoms with van der Waals surface area (Å²) in [6.07, 6.45) is 4.97. The highest BCUT2D eigenvalue weighted by molar-refractivity contribution is 5.79. The van der Waals surface area contributed by atoms with Crippen LogP contribution in [0.5, 0.6) is 5.75 Å². The fraction of sp³-hybridized carbons (Fsp3) is 0.450. The third-order valence-corrected chi connectivity index (χ3v) is 5.25. The topological polar surface area (TPSA) is 67.3 Å². The summed E-state index contributed by atoms with van der Waals surface area (Å²) in [6.45, 7) is 2.14. The molecule has 0 unspecified atom stereocenters. The lowest BCUT2D eigenvalue weighted by atomic mass is 10.0. The average Bonchev–Trinajstić information content (AvgIpc) is 3.22. The molecule has 1 aromatic carbocycles. The zero-order valence-corrected chi connectivity index (χ0v) is 15.4. The van der Waals surface area contributed by atoms with E-state index in [0.717, 1.165) is 42.9 Å². The summed E-state index contributed by atoms with van der Waals surface area (Å²) in [5.74, 6) is 0.572. The number of methoxy groups -OCH3 is 1. The number of benzene rings is 1. The number of nitrogens with zero attached hydrogens (tertiary/aromatic N) is 3. The standard InChI is InChI=1S/C20H23FN4O2/c1-27-18-5-4-13(9-15(18)21)10-19(26)25-8-6-16-14(12-25)11-23-20(24-16)17-3-2-7-22-17/h4-5,9,11,17,22H,2-3,6-8,10,12H2,1H3/t17-/m1/s1. The molecule has 0 bridgehead atoms. The van der Waals surface area contributed by atoms with Crippen LogP contribution in [0.15, 0.2) is 24.4 Å². The molecule has 7 heteroatoms. The second-order valence-electron chi connectivity index (χ2n) is 7.06. The van der Waals surface area contributed by atoms with E-state index in [9.17, 15) is 9.18 Å². The summed E-state index contributed by atoms with van der Waals surface area (Å²) in [4.78, 5) is 23.7. The number of amides is 1. The molecule has 4 rings (SSSR count). The zero-order valence-electron chi connectivity index (χ0n) is 15.4. The molecule has 27 heavy (non-hydrogen) atoms. The summed E-state index contributed by atoms with van der Waals surface area (Å²) in [5.41, 5.74) is 2.67. The largest absolute Gasteiger partial charge is 0.494 e. The smallest absolute Gasteiger partial charge is 0.227 e. The van der Waals surface area contributed by atoms with Gasteiger partial charge in [-0.2, -0.15) is 0 Å². The zero-order chi connectivity index (χ0) is 18.8.